The minimum atomic E-state index is -4.39. The van der Waals surface area contributed by atoms with Crippen LogP contribution in [0.3, 0.4) is 0 Å². The predicted octanol–water partition coefficient (Wildman–Crippen LogP) is 2.32. The SMILES string of the molecule is CN(CC(O)COc1ccc(C(F)(F)F)cc1)C(=O)CNCC1CC1.Cl. The highest BCUT2D eigenvalue weighted by atomic mass is 35.5. The number of halogens is 4. The number of carbonyl (C=O) groups is 1. The lowest BCUT2D eigenvalue weighted by molar-refractivity contribution is -0.137. The first-order valence-electron chi connectivity index (χ1n) is 8.18. The lowest BCUT2D eigenvalue weighted by atomic mass is 10.2. The van der Waals surface area contributed by atoms with Crippen LogP contribution in [-0.2, 0) is 11.0 Å². The highest BCUT2D eigenvalue weighted by Crippen LogP contribution is 2.30. The molecule has 1 aliphatic carbocycles. The number of rotatable bonds is 9. The van der Waals surface area contributed by atoms with Gasteiger partial charge in [-0.15, -0.1) is 12.4 Å². The smallest absolute Gasteiger partial charge is 0.416 e. The van der Waals surface area contributed by atoms with Gasteiger partial charge in [-0.05, 0) is 49.6 Å². The van der Waals surface area contributed by atoms with Crippen molar-refractivity contribution in [3.63, 3.8) is 0 Å². The third-order valence-electron chi connectivity index (χ3n) is 3.94. The van der Waals surface area contributed by atoms with E-state index in [1.54, 1.807) is 7.05 Å². The maximum atomic E-state index is 12.5. The summed E-state index contributed by atoms with van der Waals surface area (Å²) in [6.07, 6.45) is -2.91. The van der Waals surface area contributed by atoms with Gasteiger partial charge in [0.2, 0.25) is 5.91 Å². The van der Waals surface area contributed by atoms with E-state index in [0.717, 1.165) is 18.7 Å². The molecule has 0 bridgehead atoms. The Hall–Kier alpha value is -1.51. The second-order valence-electron chi connectivity index (χ2n) is 6.34. The lowest BCUT2D eigenvalue weighted by Gasteiger charge is -2.21. The van der Waals surface area contributed by atoms with Crippen LogP contribution in [0, 0.1) is 5.92 Å². The molecule has 26 heavy (non-hydrogen) atoms. The summed E-state index contributed by atoms with van der Waals surface area (Å²) in [7, 11) is 1.59. The molecule has 1 amide bonds. The number of benzene rings is 1. The Kier molecular flexibility index (Phi) is 8.66. The van der Waals surface area contributed by atoms with Crippen LogP contribution in [-0.4, -0.2) is 55.3 Å². The van der Waals surface area contributed by atoms with Crippen molar-refractivity contribution < 1.29 is 27.8 Å². The number of ether oxygens (including phenoxy) is 1. The Labute approximate surface area is 156 Å². The molecule has 1 aliphatic rings. The molecular formula is C17H24ClF3N2O3. The van der Waals surface area contributed by atoms with Crippen LogP contribution in [0.15, 0.2) is 24.3 Å². The van der Waals surface area contributed by atoms with Gasteiger partial charge in [-0.2, -0.15) is 13.2 Å². The number of aliphatic hydroxyl groups excluding tert-OH is 1. The molecule has 2 rings (SSSR count). The summed E-state index contributed by atoms with van der Waals surface area (Å²) in [5, 5.41) is 13.0. The van der Waals surface area contributed by atoms with E-state index in [2.05, 4.69) is 5.32 Å². The van der Waals surface area contributed by atoms with Gasteiger partial charge in [0.05, 0.1) is 12.1 Å². The number of aliphatic hydroxyl groups is 1. The van der Waals surface area contributed by atoms with Crippen molar-refractivity contribution in [1.29, 1.82) is 0 Å². The number of carbonyl (C=O) groups excluding carboxylic acids is 1. The molecule has 0 saturated heterocycles. The molecule has 5 nitrogen and oxygen atoms in total. The van der Waals surface area contributed by atoms with E-state index in [-0.39, 0.29) is 43.8 Å². The van der Waals surface area contributed by atoms with Crippen LogP contribution in [0.2, 0.25) is 0 Å². The van der Waals surface area contributed by atoms with Crippen LogP contribution in [0.5, 0.6) is 5.75 Å². The first-order chi connectivity index (χ1) is 11.8. The minimum Gasteiger partial charge on any atom is -0.491 e. The van der Waals surface area contributed by atoms with Gasteiger partial charge in [0.15, 0.2) is 0 Å². The van der Waals surface area contributed by atoms with E-state index in [1.807, 2.05) is 0 Å². The van der Waals surface area contributed by atoms with Crippen molar-refractivity contribution in [2.75, 3.05) is 33.3 Å². The molecule has 1 unspecified atom stereocenters. The van der Waals surface area contributed by atoms with E-state index >= 15 is 0 Å². The van der Waals surface area contributed by atoms with Crippen molar-refractivity contribution in [3.8, 4) is 5.75 Å². The number of nitrogens with zero attached hydrogens (tertiary/aromatic N) is 1. The van der Waals surface area contributed by atoms with Crippen LogP contribution in [0.25, 0.3) is 0 Å². The van der Waals surface area contributed by atoms with Gasteiger partial charge in [0.1, 0.15) is 18.5 Å². The summed E-state index contributed by atoms with van der Waals surface area (Å²) in [6, 6.07) is 4.24. The fourth-order valence-electron chi connectivity index (χ4n) is 2.24. The minimum absolute atomic E-state index is 0. The van der Waals surface area contributed by atoms with Crippen molar-refractivity contribution >= 4 is 18.3 Å². The Bertz CT molecular complexity index is 565. The molecule has 1 saturated carbocycles. The summed E-state index contributed by atoms with van der Waals surface area (Å²) in [5.41, 5.74) is -0.760. The molecular weight excluding hydrogens is 373 g/mol. The number of likely N-dealkylation sites (N-methyl/N-ethyl adjacent to an activating group) is 1. The van der Waals surface area contributed by atoms with Crippen LogP contribution >= 0.6 is 12.4 Å². The maximum absolute atomic E-state index is 12.5. The van der Waals surface area contributed by atoms with Gasteiger partial charge in [-0.3, -0.25) is 4.79 Å². The second kappa shape index (κ2) is 9.99. The number of amides is 1. The molecule has 1 aromatic rings. The van der Waals surface area contributed by atoms with Gasteiger partial charge in [-0.1, -0.05) is 0 Å². The molecule has 1 aromatic carbocycles. The topological polar surface area (TPSA) is 61.8 Å². The molecule has 9 heteroatoms. The first-order valence-corrected chi connectivity index (χ1v) is 8.18. The van der Waals surface area contributed by atoms with Crippen LogP contribution < -0.4 is 10.1 Å². The molecule has 148 valence electrons. The summed E-state index contributed by atoms with van der Waals surface area (Å²) >= 11 is 0. The third-order valence-corrected chi connectivity index (χ3v) is 3.94. The zero-order chi connectivity index (χ0) is 18.4. The van der Waals surface area contributed by atoms with Gasteiger partial charge in [0.25, 0.3) is 0 Å². The largest absolute Gasteiger partial charge is 0.491 e. The van der Waals surface area contributed by atoms with Crippen LogP contribution in [0.4, 0.5) is 13.2 Å². The molecule has 0 radical (unpaired) electrons. The Morgan fingerprint density at radius 3 is 2.50 bits per heavy atom. The number of hydrogen-bond donors (Lipinski definition) is 2. The highest BCUT2D eigenvalue weighted by Gasteiger charge is 2.30. The van der Waals surface area contributed by atoms with E-state index < -0.39 is 17.8 Å². The molecule has 0 heterocycles. The van der Waals surface area contributed by atoms with Crippen molar-refractivity contribution in [3.05, 3.63) is 29.8 Å². The average molecular weight is 397 g/mol. The molecule has 0 aromatic heterocycles. The first kappa shape index (κ1) is 22.5. The van der Waals surface area contributed by atoms with Crippen LogP contribution in [0.1, 0.15) is 18.4 Å². The van der Waals surface area contributed by atoms with Gasteiger partial charge in [-0.25, -0.2) is 0 Å². The average Bonchev–Trinajstić information content (AvgIpc) is 3.36. The molecule has 0 aliphatic heterocycles. The fraction of sp³-hybridized carbons (Fsp3) is 0.588. The number of nitrogens with one attached hydrogen (secondary N) is 1. The maximum Gasteiger partial charge on any atom is 0.416 e. The molecule has 1 atom stereocenters. The highest BCUT2D eigenvalue weighted by molar-refractivity contribution is 5.85. The molecule has 0 spiro atoms. The normalized spacial score (nSPS) is 15.1. The van der Waals surface area contributed by atoms with E-state index in [1.165, 1.54) is 29.9 Å². The van der Waals surface area contributed by atoms with Gasteiger partial charge in [0, 0.05) is 13.6 Å². The molecule has 1 fully saturated rings. The lowest BCUT2D eigenvalue weighted by Crippen LogP contribution is -2.41. The predicted molar refractivity (Wildman–Crippen MR) is 93.4 cm³/mol. The Morgan fingerprint density at radius 2 is 1.96 bits per heavy atom. The Balaban J connectivity index is 0.00000338. The monoisotopic (exact) mass is 396 g/mol. The summed E-state index contributed by atoms with van der Waals surface area (Å²) in [4.78, 5) is 13.3. The van der Waals surface area contributed by atoms with Gasteiger partial charge >= 0.3 is 6.18 Å². The molecule has 2 N–H and O–H groups in total. The van der Waals surface area contributed by atoms with E-state index in [4.69, 9.17) is 4.74 Å². The number of hydrogen-bond acceptors (Lipinski definition) is 4. The van der Waals surface area contributed by atoms with E-state index in [9.17, 15) is 23.1 Å². The van der Waals surface area contributed by atoms with Crippen molar-refractivity contribution in [2.24, 2.45) is 5.92 Å². The number of alkyl halides is 3. The summed E-state index contributed by atoms with van der Waals surface area (Å²) in [5.74, 6) is 0.780. The zero-order valence-corrected chi connectivity index (χ0v) is 15.3. The standard InChI is InChI=1S/C17H23F3N2O3.ClH/c1-22(16(24)9-21-8-12-2-3-12)10-14(23)11-25-15-6-4-13(5-7-15)17(18,19)20;/h4-7,12,14,21,23H,2-3,8-11H2,1H3;1H. The van der Waals surface area contributed by atoms with Gasteiger partial charge < -0.3 is 20.1 Å². The zero-order valence-electron chi connectivity index (χ0n) is 14.5. The van der Waals surface area contributed by atoms with Crippen molar-refractivity contribution in [2.45, 2.75) is 25.1 Å². The third kappa shape index (κ3) is 7.80. The summed E-state index contributed by atoms with van der Waals surface area (Å²) < 4.78 is 42.7. The van der Waals surface area contributed by atoms with E-state index in [0.29, 0.717) is 5.92 Å². The Morgan fingerprint density at radius 1 is 1.35 bits per heavy atom. The fourth-order valence-corrected chi connectivity index (χ4v) is 2.24. The second-order valence-corrected chi connectivity index (χ2v) is 6.34. The van der Waals surface area contributed by atoms with Crippen molar-refractivity contribution in [1.82, 2.24) is 10.2 Å². The quantitative estimate of drug-likeness (QED) is 0.672. The summed E-state index contributed by atoms with van der Waals surface area (Å²) in [6.45, 7) is 1.03.